The van der Waals surface area contributed by atoms with Gasteiger partial charge in [0.15, 0.2) is 0 Å². The summed E-state index contributed by atoms with van der Waals surface area (Å²) in [5.41, 5.74) is 0.816. The van der Waals surface area contributed by atoms with Gasteiger partial charge in [0.25, 0.3) is 0 Å². The third-order valence-corrected chi connectivity index (χ3v) is 5.62. The van der Waals surface area contributed by atoms with Crippen LogP contribution in [0.15, 0.2) is 24.3 Å². The van der Waals surface area contributed by atoms with E-state index in [1.807, 2.05) is 0 Å². The monoisotopic (exact) mass is 377 g/mol. The average Bonchev–Trinajstić information content (AvgIpc) is 2.61. The summed E-state index contributed by atoms with van der Waals surface area (Å²) in [6, 6.07) is 4.53. The average molecular weight is 377 g/mol. The number of carbonyl (C=O) groups is 1. The molecule has 3 saturated heterocycles. The number of likely N-dealkylation sites (tertiary alicyclic amines) is 2. The van der Waals surface area contributed by atoms with Crippen LogP contribution in [0.2, 0.25) is 0 Å². The number of fused-ring (bicyclic) bond motifs is 1. The van der Waals surface area contributed by atoms with Crippen molar-refractivity contribution in [3.8, 4) is 0 Å². The molecule has 146 valence electrons. The first kappa shape index (κ1) is 18.5. The number of aryl methyl sites for hydroxylation is 1. The summed E-state index contributed by atoms with van der Waals surface area (Å²) in [5.74, 6) is -0.644. The fourth-order valence-electron chi connectivity index (χ4n) is 4.05. The van der Waals surface area contributed by atoms with E-state index in [4.69, 9.17) is 4.74 Å². The number of nitrogens with one attached hydrogen (secondary N) is 1. The molecule has 3 aliphatic heterocycles. The Labute approximate surface area is 158 Å². The highest BCUT2D eigenvalue weighted by molar-refractivity contribution is 5.78. The molecule has 7 heteroatoms. The molecule has 3 aliphatic rings. The van der Waals surface area contributed by atoms with Crippen molar-refractivity contribution in [2.24, 2.45) is 5.92 Å². The Kier molecular flexibility index (Phi) is 5.25. The molecule has 0 radical (unpaired) electrons. The normalized spacial score (nSPS) is 27.8. The zero-order valence-electron chi connectivity index (χ0n) is 15.5. The number of amides is 1. The number of piperidine rings is 1. The van der Waals surface area contributed by atoms with E-state index in [-0.39, 0.29) is 42.2 Å². The van der Waals surface area contributed by atoms with Crippen molar-refractivity contribution in [2.45, 2.75) is 25.5 Å². The summed E-state index contributed by atoms with van der Waals surface area (Å²) in [7, 11) is 0. The van der Waals surface area contributed by atoms with Gasteiger partial charge in [0, 0.05) is 37.7 Å². The Balaban J connectivity index is 1.26. The first-order chi connectivity index (χ1) is 13.0. The number of rotatable bonds is 4. The maximum absolute atomic E-state index is 14.3. The van der Waals surface area contributed by atoms with E-state index < -0.39 is 0 Å². The summed E-state index contributed by atoms with van der Waals surface area (Å²) in [5, 5.41) is 3.01. The van der Waals surface area contributed by atoms with Crippen LogP contribution in [0.3, 0.4) is 0 Å². The van der Waals surface area contributed by atoms with E-state index >= 15 is 0 Å². The quantitative estimate of drug-likeness (QED) is 0.871. The van der Waals surface area contributed by atoms with Crippen molar-refractivity contribution < 1.29 is 18.3 Å². The molecule has 1 N–H and O–H groups in total. The van der Waals surface area contributed by atoms with Crippen LogP contribution in [0.4, 0.5) is 8.78 Å². The van der Waals surface area contributed by atoms with Gasteiger partial charge in [-0.25, -0.2) is 8.78 Å². The largest absolute Gasteiger partial charge is 0.366 e. The standard InChI is InChI=1S/C20H25F2N3O2/c1-13-2-3-15(7-16(13)21)17(22)6-14-8-25(9-14)12-24-5-4-19-18(10-24)23-20(26)11-27-19/h2-3,6-7,14,18-19H,4-5,8-12H2,1H3,(H,23,26)/b17-6+/t18-,19+/m1/s1. The number of nitrogens with zero attached hydrogens (tertiary/aromatic N) is 2. The Hall–Kier alpha value is -1.83. The SMILES string of the molecule is Cc1ccc(/C(F)=C\C2CN(CN3CC[C@@H]4OCC(=O)N[C@@H]4C3)C2)cc1F. The second-order valence-corrected chi connectivity index (χ2v) is 7.81. The van der Waals surface area contributed by atoms with Gasteiger partial charge in [0.05, 0.1) is 18.8 Å². The van der Waals surface area contributed by atoms with Crippen molar-refractivity contribution in [3.63, 3.8) is 0 Å². The van der Waals surface area contributed by atoms with Gasteiger partial charge in [0.2, 0.25) is 5.91 Å². The minimum Gasteiger partial charge on any atom is -0.366 e. The fourth-order valence-corrected chi connectivity index (χ4v) is 4.05. The van der Waals surface area contributed by atoms with Gasteiger partial charge in [0.1, 0.15) is 18.3 Å². The number of benzene rings is 1. The maximum atomic E-state index is 14.3. The van der Waals surface area contributed by atoms with Crippen LogP contribution in [0.25, 0.3) is 5.83 Å². The second kappa shape index (κ2) is 7.66. The van der Waals surface area contributed by atoms with Crippen LogP contribution in [0.1, 0.15) is 17.5 Å². The molecule has 0 saturated carbocycles. The molecule has 0 aromatic heterocycles. The van der Waals surface area contributed by atoms with Crippen LogP contribution in [-0.4, -0.2) is 67.3 Å². The third-order valence-electron chi connectivity index (χ3n) is 5.62. The molecule has 1 aromatic rings. The molecular weight excluding hydrogens is 352 g/mol. The maximum Gasteiger partial charge on any atom is 0.246 e. The Morgan fingerprint density at radius 1 is 1.33 bits per heavy atom. The smallest absolute Gasteiger partial charge is 0.246 e. The summed E-state index contributed by atoms with van der Waals surface area (Å²) in [4.78, 5) is 16.1. The number of ether oxygens (including phenoxy) is 1. The Morgan fingerprint density at radius 2 is 2.15 bits per heavy atom. The predicted octanol–water partition coefficient (Wildman–Crippen LogP) is 1.92. The zero-order valence-corrected chi connectivity index (χ0v) is 15.5. The molecule has 5 nitrogen and oxygen atoms in total. The van der Waals surface area contributed by atoms with E-state index in [1.165, 1.54) is 6.07 Å². The Morgan fingerprint density at radius 3 is 2.93 bits per heavy atom. The molecule has 0 bridgehead atoms. The van der Waals surface area contributed by atoms with Crippen LogP contribution in [0.5, 0.6) is 0 Å². The number of morpholine rings is 1. The third kappa shape index (κ3) is 4.20. The highest BCUT2D eigenvalue weighted by Gasteiger charge is 2.36. The first-order valence-electron chi connectivity index (χ1n) is 9.47. The summed E-state index contributed by atoms with van der Waals surface area (Å²) in [6.07, 6.45) is 2.63. The lowest BCUT2D eigenvalue weighted by molar-refractivity contribution is -0.141. The topological polar surface area (TPSA) is 44.8 Å². The van der Waals surface area contributed by atoms with Crippen LogP contribution < -0.4 is 5.32 Å². The van der Waals surface area contributed by atoms with Crippen molar-refractivity contribution in [3.05, 3.63) is 41.2 Å². The number of carbonyl (C=O) groups excluding carboxylic acids is 1. The highest BCUT2D eigenvalue weighted by atomic mass is 19.1. The lowest BCUT2D eigenvalue weighted by atomic mass is 9.97. The van der Waals surface area contributed by atoms with Gasteiger partial charge in [-0.15, -0.1) is 0 Å². The molecule has 1 amide bonds. The summed E-state index contributed by atoms with van der Waals surface area (Å²) in [6.45, 7) is 5.93. The summed E-state index contributed by atoms with van der Waals surface area (Å²) >= 11 is 0. The molecule has 1 aromatic carbocycles. The Bertz CT molecular complexity index is 749. The zero-order chi connectivity index (χ0) is 19.0. The van der Waals surface area contributed by atoms with Gasteiger partial charge in [-0.05, 0) is 31.1 Å². The van der Waals surface area contributed by atoms with Crippen molar-refractivity contribution in [1.29, 1.82) is 0 Å². The molecule has 4 rings (SSSR count). The van der Waals surface area contributed by atoms with Gasteiger partial charge in [-0.3, -0.25) is 14.6 Å². The number of halogens is 2. The van der Waals surface area contributed by atoms with Crippen molar-refractivity contribution >= 4 is 11.7 Å². The van der Waals surface area contributed by atoms with Gasteiger partial charge < -0.3 is 10.1 Å². The van der Waals surface area contributed by atoms with Gasteiger partial charge in [-0.1, -0.05) is 12.1 Å². The molecule has 2 atom stereocenters. The molecular formula is C20H25F2N3O2. The molecule has 0 spiro atoms. The van der Waals surface area contributed by atoms with Crippen LogP contribution >= 0.6 is 0 Å². The van der Waals surface area contributed by atoms with Crippen molar-refractivity contribution in [1.82, 2.24) is 15.1 Å². The van der Waals surface area contributed by atoms with Crippen LogP contribution in [0, 0.1) is 18.7 Å². The lowest BCUT2D eigenvalue weighted by Crippen LogP contribution is -2.62. The first-order valence-corrected chi connectivity index (χ1v) is 9.47. The number of hydrogen-bond acceptors (Lipinski definition) is 4. The number of hydrogen-bond donors (Lipinski definition) is 1. The summed E-state index contributed by atoms with van der Waals surface area (Å²) < 4.78 is 33.5. The highest BCUT2D eigenvalue weighted by Crippen LogP contribution is 2.26. The second-order valence-electron chi connectivity index (χ2n) is 7.81. The minimum atomic E-state index is -0.381. The molecule has 3 fully saturated rings. The lowest BCUT2D eigenvalue weighted by Gasteiger charge is -2.45. The van der Waals surface area contributed by atoms with Gasteiger partial charge >= 0.3 is 0 Å². The van der Waals surface area contributed by atoms with Crippen molar-refractivity contribution in [2.75, 3.05) is 39.5 Å². The van der Waals surface area contributed by atoms with Gasteiger partial charge in [-0.2, -0.15) is 0 Å². The van der Waals surface area contributed by atoms with E-state index in [1.54, 1.807) is 25.1 Å². The van der Waals surface area contributed by atoms with E-state index in [0.29, 0.717) is 11.1 Å². The minimum absolute atomic E-state index is 0.0460. The predicted molar refractivity (Wildman–Crippen MR) is 98.0 cm³/mol. The fraction of sp³-hybridized carbons (Fsp3) is 0.550. The molecule has 27 heavy (non-hydrogen) atoms. The van der Waals surface area contributed by atoms with E-state index in [2.05, 4.69) is 15.1 Å². The van der Waals surface area contributed by atoms with Crippen LogP contribution in [-0.2, 0) is 9.53 Å². The molecule has 0 aliphatic carbocycles. The van der Waals surface area contributed by atoms with E-state index in [0.717, 1.165) is 39.3 Å². The van der Waals surface area contributed by atoms with E-state index in [9.17, 15) is 13.6 Å². The molecule has 0 unspecified atom stereocenters. The molecule has 3 heterocycles.